The number of carbonyl (C=O) groups excluding carboxylic acids is 3. The van der Waals surface area contributed by atoms with Gasteiger partial charge in [-0.15, -0.1) is 0 Å². The summed E-state index contributed by atoms with van der Waals surface area (Å²) in [6.07, 6.45) is 0.653. The third-order valence-electron chi connectivity index (χ3n) is 6.68. The average Bonchev–Trinajstić information content (AvgIpc) is 3.22. The number of benzene rings is 2. The van der Waals surface area contributed by atoms with Crippen LogP contribution in [0.5, 0.6) is 23.0 Å². The molecule has 0 unspecified atom stereocenters. The number of phenols is 3. The van der Waals surface area contributed by atoms with Crippen LogP contribution in [0.4, 0.5) is 0 Å². The summed E-state index contributed by atoms with van der Waals surface area (Å²) >= 11 is 0. The number of allylic oxidation sites excluding steroid dienone is 2. The fourth-order valence-corrected chi connectivity index (χ4v) is 4.71. The number of carbonyl (C=O) groups is 3. The van der Waals surface area contributed by atoms with Gasteiger partial charge in [-0.3, -0.25) is 4.79 Å². The number of phenolic OH excluding ortho intramolecular Hbond substituents is 3. The molecule has 0 bridgehead atoms. The van der Waals surface area contributed by atoms with Gasteiger partial charge in [0.25, 0.3) is 5.79 Å². The first kappa shape index (κ1) is 26.8. The lowest BCUT2D eigenvalue weighted by molar-refractivity contribution is -0.233. The molecule has 2 aromatic rings. The van der Waals surface area contributed by atoms with E-state index in [1.54, 1.807) is 19.9 Å². The lowest BCUT2D eigenvalue weighted by Gasteiger charge is -2.36. The Morgan fingerprint density at radius 1 is 1.16 bits per heavy atom. The van der Waals surface area contributed by atoms with E-state index in [0.29, 0.717) is 22.4 Å². The molecule has 0 radical (unpaired) electrons. The molecule has 0 saturated heterocycles. The lowest BCUT2D eigenvalue weighted by Crippen LogP contribution is -2.44. The smallest absolute Gasteiger partial charge is 0.345 e. The molecule has 2 aliphatic heterocycles. The number of fused-ring (bicyclic) bond motifs is 2. The molecule has 38 heavy (non-hydrogen) atoms. The Morgan fingerprint density at radius 2 is 1.87 bits per heavy atom. The van der Waals surface area contributed by atoms with Crippen molar-refractivity contribution in [3.63, 3.8) is 0 Å². The number of hydrogen-bond donors (Lipinski definition) is 4. The van der Waals surface area contributed by atoms with Crippen LogP contribution in [0, 0.1) is 6.92 Å². The van der Waals surface area contributed by atoms with E-state index in [-0.39, 0.29) is 54.1 Å². The van der Waals surface area contributed by atoms with Crippen LogP contribution in [0.25, 0.3) is 0 Å². The van der Waals surface area contributed by atoms with Crippen molar-refractivity contribution < 1.29 is 53.8 Å². The SMILES string of the molecule is COc1c(C)c2c(c(O)c1C/C=C(\C)CCC(=O)O[C@H]1c3cc(O)cc(O)c3C(=O)O[C@@]1(C)O)C(=O)OC2. The number of aromatic hydroxyl groups is 3. The maximum Gasteiger partial charge on any atom is 0.345 e. The molecule has 2 aliphatic rings. The molecule has 11 nitrogen and oxygen atoms in total. The van der Waals surface area contributed by atoms with Crippen molar-refractivity contribution in [2.45, 2.75) is 58.5 Å². The number of hydrogen-bond acceptors (Lipinski definition) is 11. The molecule has 0 saturated carbocycles. The first-order valence-electron chi connectivity index (χ1n) is 11.8. The Labute approximate surface area is 217 Å². The molecule has 0 fully saturated rings. The van der Waals surface area contributed by atoms with Crippen molar-refractivity contribution in [2.24, 2.45) is 0 Å². The van der Waals surface area contributed by atoms with Crippen molar-refractivity contribution in [3.05, 3.63) is 57.2 Å². The maximum absolute atomic E-state index is 12.7. The highest BCUT2D eigenvalue weighted by Gasteiger charge is 2.48. The number of rotatable bonds is 7. The minimum atomic E-state index is -2.23. The van der Waals surface area contributed by atoms with Crippen LogP contribution in [-0.2, 0) is 32.0 Å². The second-order valence-electron chi connectivity index (χ2n) is 9.41. The van der Waals surface area contributed by atoms with E-state index in [4.69, 9.17) is 18.9 Å². The zero-order valence-electron chi connectivity index (χ0n) is 21.3. The molecule has 11 heteroatoms. The van der Waals surface area contributed by atoms with Gasteiger partial charge >= 0.3 is 17.9 Å². The molecule has 0 aromatic heterocycles. The maximum atomic E-state index is 12.7. The standard InChI is InChI=1S/C27H28O11/c1-12(5-7-15-22(31)21-17(11-36-25(21)32)13(2)23(15)35-4)6-8-19(30)37-24-16-9-14(28)10-18(29)20(16)26(33)38-27(24,3)34/h5,9-10,24,28-29,31,34H,6-8,11H2,1-4H3/b12-5+/t24-,27+/m0/s1. The van der Waals surface area contributed by atoms with Crippen LogP contribution in [0.3, 0.4) is 0 Å². The van der Waals surface area contributed by atoms with E-state index in [0.717, 1.165) is 24.6 Å². The van der Waals surface area contributed by atoms with Crippen LogP contribution in [0.1, 0.15) is 75.8 Å². The van der Waals surface area contributed by atoms with E-state index in [2.05, 4.69) is 0 Å². The Morgan fingerprint density at radius 3 is 2.55 bits per heavy atom. The topological polar surface area (TPSA) is 169 Å². The monoisotopic (exact) mass is 528 g/mol. The summed E-state index contributed by atoms with van der Waals surface area (Å²) in [4.78, 5) is 37.0. The summed E-state index contributed by atoms with van der Waals surface area (Å²) in [5.74, 6) is -5.30. The van der Waals surface area contributed by atoms with Gasteiger partial charge in [-0.25, -0.2) is 9.59 Å². The van der Waals surface area contributed by atoms with Crippen molar-refractivity contribution >= 4 is 17.9 Å². The molecule has 2 aromatic carbocycles. The zero-order valence-corrected chi connectivity index (χ0v) is 21.3. The second-order valence-corrected chi connectivity index (χ2v) is 9.41. The van der Waals surface area contributed by atoms with Crippen LogP contribution in [-0.4, -0.2) is 51.2 Å². The van der Waals surface area contributed by atoms with Gasteiger partial charge in [0, 0.05) is 36.1 Å². The number of ether oxygens (including phenoxy) is 4. The van der Waals surface area contributed by atoms with E-state index >= 15 is 0 Å². The van der Waals surface area contributed by atoms with Gasteiger partial charge in [0.1, 0.15) is 40.7 Å². The molecule has 0 spiro atoms. The highest BCUT2D eigenvalue weighted by Crippen LogP contribution is 2.44. The third-order valence-corrected chi connectivity index (χ3v) is 6.68. The Balaban J connectivity index is 1.48. The van der Waals surface area contributed by atoms with E-state index in [1.165, 1.54) is 7.11 Å². The summed E-state index contributed by atoms with van der Waals surface area (Å²) < 4.78 is 20.9. The number of aliphatic hydroxyl groups is 1. The number of esters is 3. The molecule has 4 N–H and O–H groups in total. The second kappa shape index (κ2) is 9.90. The first-order chi connectivity index (χ1) is 17.9. The molecule has 4 rings (SSSR count). The summed E-state index contributed by atoms with van der Waals surface area (Å²) in [6.45, 7) is 4.75. The van der Waals surface area contributed by atoms with Crippen molar-refractivity contribution in [1.29, 1.82) is 0 Å². The van der Waals surface area contributed by atoms with Gasteiger partial charge < -0.3 is 39.4 Å². The highest BCUT2D eigenvalue weighted by molar-refractivity contribution is 5.98. The van der Waals surface area contributed by atoms with Gasteiger partial charge in [0.2, 0.25) is 0 Å². The van der Waals surface area contributed by atoms with Crippen LogP contribution < -0.4 is 4.74 Å². The first-order valence-corrected chi connectivity index (χ1v) is 11.8. The molecular formula is C27H28O11. The normalized spacial score (nSPS) is 20.3. The highest BCUT2D eigenvalue weighted by atomic mass is 16.7. The summed E-state index contributed by atoms with van der Waals surface area (Å²) in [6, 6.07) is 2.05. The summed E-state index contributed by atoms with van der Waals surface area (Å²) in [5, 5.41) is 41.2. The summed E-state index contributed by atoms with van der Waals surface area (Å²) in [5.41, 5.74) is 2.20. The largest absolute Gasteiger partial charge is 0.508 e. The molecule has 0 aliphatic carbocycles. The molecule has 2 atom stereocenters. The van der Waals surface area contributed by atoms with Crippen LogP contribution in [0.2, 0.25) is 0 Å². The van der Waals surface area contributed by atoms with E-state index in [9.17, 15) is 34.8 Å². The molecular weight excluding hydrogens is 500 g/mol. The fraction of sp³-hybridized carbons (Fsp3) is 0.370. The number of methoxy groups -OCH3 is 1. The van der Waals surface area contributed by atoms with Gasteiger partial charge in [0.05, 0.1) is 7.11 Å². The molecule has 202 valence electrons. The van der Waals surface area contributed by atoms with E-state index < -0.39 is 35.5 Å². The van der Waals surface area contributed by atoms with Crippen molar-refractivity contribution in [2.75, 3.05) is 7.11 Å². The number of cyclic esters (lactones) is 2. The molecule has 2 heterocycles. The van der Waals surface area contributed by atoms with Crippen molar-refractivity contribution in [1.82, 2.24) is 0 Å². The lowest BCUT2D eigenvalue weighted by atomic mass is 9.93. The minimum absolute atomic E-state index is 0.0674. The van der Waals surface area contributed by atoms with Gasteiger partial charge in [-0.05, 0) is 38.3 Å². The molecule has 0 amide bonds. The third kappa shape index (κ3) is 4.72. The van der Waals surface area contributed by atoms with Gasteiger partial charge in [0.15, 0.2) is 6.10 Å². The predicted molar refractivity (Wildman–Crippen MR) is 130 cm³/mol. The Kier molecular flexibility index (Phi) is 6.98. The van der Waals surface area contributed by atoms with Crippen LogP contribution in [0.15, 0.2) is 23.8 Å². The fourth-order valence-electron chi connectivity index (χ4n) is 4.71. The predicted octanol–water partition coefficient (Wildman–Crippen LogP) is 3.22. The van der Waals surface area contributed by atoms with Crippen LogP contribution >= 0.6 is 0 Å². The zero-order chi connectivity index (χ0) is 27.9. The quantitative estimate of drug-likeness (QED) is 0.236. The Hall–Kier alpha value is -4.25. The summed E-state index contributed by atoms with van der Waals surface area (Å²) in [7, 11) is 1.47. The van der Waals surface area contributed by atoms with Gasteiger partial charge in [-0.2, -0.15) is 0 Å². The average molecular weight is 529 g/mol. The van der Waals surface area contributed by atoms with Gasteiger partial charge in [-0.1, -0.05) is 11.6 Å². The van der Waals surface area contributed by atoms with E-state index in [1.807, 2.05) is 0 Å². The van der Waals surface area contributed by atoms with Crippen molar-refractivity contribution in [3.8, 4) is 23.0 Å². The minimum Gasteiger partial charge on any atom is -0.508 e. The Bertz CT molecular complexity index is 1370.